The number of fused-ring (bicyclic) bond motifs is 1. The lowest BCUT2D eigenvalue weighted by molar-refractivity contribution is 0.318. The second-order valence-corrected chi connectivity index (χ2v) is 6.66. The zero-order chi connectivity index (χ0) is 14.1. The van der Waals surface area contributed by atoms with Crippen molar-refractivity contribution in [2.75, 3.05) is 11.4 Å². The first-order valence-electron chi connectivity index (χ1n) is 7.25. The van der Waals surface area contributed by atoms with Crippen LogP contribution in [0.1, 0.15) is 37.7 Å². The zero-order valence-corrected chi connectivity index (χ0v) is 13.0. The van der Waals surface area contributed by atoms with Crippen molar-refractivity contribution in [3.8, 4) is 0 Å². The maximum Gasteiger partial charge on any atom is 0.172 e. The molecule has 2 unspecified atom stereocenters. The van der Waals surface area contributed by atoms with Gasteiger partial charge in [-0.15, -0.1) is 0 Å². The molecule has 5 heteroatoms. The van der Waals surface area contributed by atoms with Crippen LogP contribution < -0.4 is 10.6 Å². The Kier molecular flexibility index (Phi) is 3.87. The van der Waals surface area contributed by atoms with Gasteiger partial charge >= 0.3 is 0 Å². The molecular formula is C15H20BrN3O. The Balaban J connectivity index is 2.01. The Morgan fingerprint density at radius 3 is 2.90 bits per heavy atom. The number of amidine groups is 1. The number of hydrogen-bond acceptors (Lipinski definition) is 3. The van der Waals surface area contributed by atoms with Crippen LogP contribution in [0.5, 0.6) is 0 Å². The minimum Gasteiger partial charge on any atom is -0.409 e. The Hall–Kier alpha value is -1.23. The molecule has 20 heavy (non-hydrogen) atoms. The summed E-state index contributed by atoms with van der Waals surface area (Å²) in [5, 5.41) is 12.2. The normalized spacial score (nSPS) is 26.6. The van der Waals surface area contributed by atoms with Crippen molar-refractivity contribution >= 4 is 27.5 Å². The molecule has 0 spiro atoms. The molecule has 2 atom stereocenters. The van der Waals surface area contributed by atoms with E-state index in [2.05, 4.69) is 32.1 Å². The SMILES string of the molecule is N/C(=N/O)c1ccc(Br)cc1N1CCCC2CCCC21. The molecule has 1 heterocycles. The number of hydrogen-bond donors (Lipinski definition) is 2. The van der Waals surface area contributed by atoms with E-state index < -0.39 is 0 Å². The van der Waals surface area contributed by atoms with E-state index in [0.717, 1.165) is 28.2 Å². The van der Waals surface area contributed by atoms with Crippen LogP contribution in [0.4, 0.5) is 5.69 Å². The molecule has 3 N–H and O–H groups in total. The van der Waals surface area contributed by atoms with Crippen molar-refractivity contribution in [2.24, 2.45) is 16.8 Å². The van der Waals surface area contributed by atoms with E-state index in [0.29, 0.717) is 6.04 Å². The fourth-order valence-electron chi connectivity index (χ4n) is 3.77. The molecule has 1 aliphatic carbocycles. The summed E-state index contributed by atoms with van der Waals surface area (Å²) >= 11 is 3.54. The van der Waals surface area contributed by atoms with Gasteiger partial charge in [0.1, 0.15) is 0 Å². The summed E-state index contributed by atoms with van der Waals surface area (Å²) in [5.41, 5.74) is 7.76. The second kappa shape index (κ2) is 5.64. The van der Waals surface area contributed by atoms with Gasteiger partial charge < -0.3 is 15.8 Å². The Bertz CT molecular complexity index is 532. The van der Waals surface area contributed by atoms with Crippen LogP contribution in [0.25, 0.3) is 0 Å². The van der Waals surface area contributed by atoms with Crippen molar-refractivity contribution < 1.29 is 5.21 Å². The first-order chi connectivity index (χ1) is 9.70. The Morgan fingerprint density at radius 2 is 2.10 bits per heavy atom. The van der Waals surface area contributed by atoms with Crippen molar-refractivity contribution in [1.29, 1.82) is 0 Å². The zero-order valence-electron chi connectivity index (χ0n) is 11.4. The minimum absolute atomic E-state index is 0.188. The third kappa shape index (κ3) is 2.39. The van der Waals surface area contributed by atoms with E-state index in [1.54, 1.807) is 0 Å². The standard InChI is InChI=1S/C15H20BrN3O/c16-11-6-7-12(15(17)18-20)14(9-11)19-8-2-4-10-3-1-5-13(10)19/h6-7,9-10,13,20H,1-5,8H2,(H2,17,18). The molecule has 1 aromatic carbocycles. The lowest BCUT2D eigenvalue weighted by atomic mass is 9.91. The fourth-order valence-corrected chi connectivity index (χ4v) is 4.11. The van der Waals surface area contributed by atoms with Gasteiger partial charge in [-0.3, -0.25) is 0 Å². The van der Waals surface area contributed by atoms with Gasteiger partial charge in [-0.25, -0.2) is 0 Å². The lowest BCUT2D eigenvalue weighted by Gasteiger charge is -2.40. The highest BCUT2D eigenvalue weighted by molar-refractivity contribution is 9.10. The van der Waals surface area contributed by atoms with Crippen molar-refractivity contribution in [3.63, 3.8) is 0 Å². The van der Waals surface area contributed by atoms with Crippen LogP contribution in [0.2, 0.25) is 0 Å². The van der Waals surface area contributed by atoms with Crippen molar-refractivity contribution in [1.82, 2.24) is 0 Å². The molecule has 1 aliphatic heterocycles. The second-order valence-electron chi connectivity index (χ2n) is 5.74. The van der Waals surface area contributed by atoms with Gasteiger partial charge in [0.05, 0.1) is 0 Å². The Labute approximate surface area is 127 Å². The molecule has 0 radical (unpaired) electrons. The van der Waals surface area contributed by atoms with Gasteiger partial charge in [-0.2, -0.15) is 0 Å². The van der Waals surface area contributed by atoms with Crippen LogP contribution in [-0.2, 0) is 0 Å². The molecule has 108 valence electrons. The third-order valence-corrected chi connectivity index (χ3v) is 5.14. The smallest absolute Gasteiger partial charge is 0.172 e. The molecule has 2 fully saturated rings. The summed E-state index contributed by atoms with van der Waals surface area (Å²) in [6, 6.07) is 6.57. The number of oxime groups is 1. The quantitative estimate of drug-likeness (QED) is 0.376. The highest BCUT2D eigenvalue weighted by Crippen LogP contribution is 2.40. The van der Waals surface area contributed by atoms with Crippen LogP contribution in [0.15, 0.2) is 27.8 Å². The topological polar surface area (TPSA) is 61.9 Å². The van der Waals surface area contributed by atoms with Crippen molar-refractivity contribution in [2.45, 2.75) is 38.1 Å². The lowest BCUT2D eigenvalue weighted by Crippen LogP contribution is -2.43. The van der Waals surface area contributed by atoms with E-state index in [9.17, 15) is 0 Å². The third-order valence-electron chi connectivity index (χ3n) is 4.65. The monoisotopic (exact) mass is 337 g/mol. The fraction of sp³-hybridized carbons (Fsp3) is 0.533. The van der Waals surface area contributed by atoms with E-state index >= 15 is 0 Å². The average molecular weight is 338 g/mol. The predicted octanol–water partition coefficient (Wildman–Crippen LogP) is 3.31. The first-order valence-corrected chi connectivity index (χ1v) is 8.04. The summed E-state index contributed by atoms with van der Waals surface area (Å²) in [6.07, 6.45) is 6.48. The summed E-state index contributed by atoms with van der Waals surface area (Å²) in [6.45, 7) is 1.06. The van der Waals surface area contributed by atoms with Gasteiger partial charge in [-0.05, 0) is 49.8 Å². The number of nitrogens with two attached hydrogens (primary N) is 1. The first kappa shape index (κ1) is 13.7. The number of nitrogens with zero attached hydrogens (tertiary/aromatic N) is 2. The average Bonchev–Trinajstić information content (AvgIpc) is 2.94. The van der Waals surface area contributed by atoms with E-state index in [1.165, 1.54) is 32.1 Å². The number of piperidine rings is 1. The summed E-state index contributed by atoms with van der Waals surface area (Å²) in [7, 11) is 0. The number of benzene rings is 1. The van der Waals surface area contributed by atoms with Crippen LogP contribution in [-0.4, -0.2) is 23.6 Å². The predicted molar refractivity (Wildman–Crippen MR) is 84.4 cm³/mol. The number of anilines is 1. The summed E-state index contributed by atoms with van der Waals surface area (Å²) in [4.78, 5) is 2.47. The molecule has 0 bridgehead atoms. The van der Waals surface area contributed by atoms with Gasteiger partial charge in [0.2, 0.25) is 0 Å². The molecule has 1 saturated carbocycles. The minimum atomic E-state index is 0.188. The summed E-state index contributed by atoms with van der Waals surface area (Å²) < 4.78 is 1.03. The highest BCUT2D eigenvalue weighted by Gasteiger charge is 2.36. The molecule has 0 amide bonds. The molecular weight excluding hydrogens is 318 g/mol. The van der Waals surface area contributed by atoms with E-state index in [-0.39, 0.29) is 5.84 Å². The maximum absolute atomic E-state index is 9.00. The number of halogens is 1. The number of rotatable bonds is 2. The largest absolute Gasteiger partial charge is 0.409 e. The van der Waals surface area contributed by atoms with Crippen LogP contribution in [0.3, 0.4) is 0 Å². The van der Waals surface area contributed by atoms with E-state index in [4.69, 9.17) is 10.9 Å². The molecule has 4 nitrogen and oxygen atoms in total. The molecule has 0 aromatic heterocycles. The van der Waals surface area contributed by atoms with Gasteiger partial charge in [-0.1, -0.05) is 27.5 Å². The molecule has 3 rings (SSSR count). The van der Waals surface area contributed by atoms with Gasteiger partial charge in [0.15, 0.2) is 5.84 Å². The Morgan fingerprint density at radius 1 is 1.30 bits per heavy atom. The molecule has 2 aliphatic rings. The maximum atomic E-state index is 9.00. The molecule has 1 saturated heterocycles. The summed E-state index contributed by atoms with van der Waals surface area (Å²) in [5.74, 6) is 0.996. The van der Waals surface area contributed by atoms with E-state index in [1.807, 2.05) is 12.1 Å². The highest BCUT2D eigenvalue weighted by atomic mass is 79.9. The van der Waals surface area contributed by atoms with Crippen molar-refractivity contribution in [3.05, 3.63) is 28.2 Å². The van der Waals surface area contributed by atoms with Gasteiger partial charge in [0, 0.05) is 28.3 Å². The van der Waals surface area contributed by atoms with Crippen LogP contribution >= 0.6 is 15.9 Å². The van der Waals surface area contributed by atoms with Crippen LogP contribution in [0, 0.1) is 5.92 Å². The van der Waals surface area contributed by atoms with Gasteiger partial charge in [0.25, 0.3) is 0 Å². The molecule has 1 aromatic rings.